The quantitative estimate of drug-likeness (QED) is 0.655. The molecule has 1 aliphatic carbocycles. The van der Waals surface area contributed by atoms with Crippen LogP contribution in [0.1, 0.15) is 48.0 Å². The first kappa shape index (κ1) is 21.4. The van der Waals surface area contributed by atoms with Crippen LogP contribution in [0.2, 0.25) is 0 Å². The molecule has 0 atom stereocenters. The van der Waals surface area contributed by atoms with Crippen LogP contribution >= 0.6 is 11.8 Å². The molecule has 1 N–H and O–H groups in total. The number of rotatable bonds is 6. The Balaban J connectivity index is 1.66. The highest BCUT2D eigenvalue weighted by Gasteiger charge is 2.22. The molecule has 4 nitrogen and oxygen atoms in total. The van der Waals surface area contributed by atoms with Crippen molar-refractivity contribution in [2.24, 2.45) is 0 Å². The van der Waals surface area contributed by atoms with Gasteiger partial charge in [0.15, 0.2) is 0 Å². The van der Waals surface area contributed by atoms with Crippen LogP contribution < -0.4 is 5.32 Å². The van der Waals surface area contributed by atoms with Crippen LogP contribution in [0.5, 0.6) is 0 Å². The second kappa shape index (κ2) is 9.92. The zero-order valence-corrected chi connectivity index (χ0v) is 17.7. The monoisotopic (exact) mass is 414 g/mol. The highest BCUT2D eigenvalue weighted by Crippen LogP contribution is 2.27. The standard InChI is InChI=1S/C23H27FN2O2S/c1-16-12-13-17(24)14-20(16)25-23(28)19-10-6-7-11-21(19)29-15-22(27)26(2)18-8-4-3-5-9-18/h6-7,10-14,18H,3-5,8-9,15H2,1-2H3,(H,25,28). The van der Waals surface area contributed by atoms with Crippen LogP contribution in [0.25, 0.3) is 0 Å². The predicted octanol–water partition coefficient (Wildman–Crippen LogP) is 5.27. The summed E-state index contributed by atoms with van der Waals surface area (Å²) in [6.07, 6.45) is 5.74. The lowest BCUT2D eigenvalue weighted by Gasteiger charge is -2.31. The molecule has 6 heteroatoms. The smallest absolute Gasteiger partial charge is 0.256 e. The zero-order valence-electron chi connectivity index (χ0n) is 16.9. The first-order valence-corrected chi connectivity index (χ1v) is 11.0. The lowest BCUT2D eigenvalue weighted by molar-refractivity contribution is -0.129. The molecule has 0 saturated heterocycles. The highest BCUT2D eigenvalue weighted by atomic mass is 32.2. The summed E-state index contributed by atoms with van der Waals surface area (Å²) in [6, 6.07) is 11.8. The molecular formula is C23H27FN2O2S. The first-order chi connectivity index (χ1) is 14.0. The molecule has 0 spiro atoms. The summed E-state index contributed by atoms with van der Waals surface area (Å²) in [6.45, 7) is 1.81. The van der Waals surface area contributed by atoms with Crippen molar-refractivity contribution in [1.29, 1.82) is 0 Å². The molecule has 0 bridgehead atoms. The molecule has 29 heavy (non-hydrogen) atoms. The van der Waals surface area contributed by atoms with Crippen molar-refractivity contribution in [3.05, 3.63) is 59.4 Å². The molecule has 1 fully saturated rings. The molecule has 0 aromatic heterocycles. The fourth-order valence-corrected chi connectivity index (χ4v) is 4.59. The fraction of sp³-hybridized carbons (Fsp3) is 0.391. The summed E-state index contributed by atoms with van der Waals surface area (Å²) >= 11 is 1.37. The molecule has 2 aromatic carbocycles. The van der Waals surface area contributed by atoms with Gasteiger partial charge in [-0.3, -0.25) is 9.59 Å². The topological polar surface area (TPSA) is 49.4 Å². The van der Waals surface area contributed by atoms with Gasteiger partial charge in [0.1, 0.15) is 5.82 Å². The van der Waals surface area contributed by atoms with Crippen LogP contribution in [-0.4, -0.2) is 35.6 Å². The van der Waals surface area contributed by atoms with E-state index in [9.17, 15) is 14.0 Å². The van der Waals surface area contributed by atoms with Crippen LogP contribution in [0.15, 0.2) is 47.4 Å². The van der Waals surface area contributed by atoms with E-state index in [1.165, 1.54) is 43.2 Å². The number of halogens is 1. The first-order valence-electron chi connectivity index (χ1n) is 10.0. The summed E-state index contributed by atoms with van der Waals surface area (Å²) in [5, 5.41) is 2.78. The maximum absolute atomic E-state index is 13.5. The van der Waals surface area contributed by atoms with Gasteiger partial charge in [-0.2, -0.15) is 0 Å². The SMILES string of the molecule is Cc1ccc(F)cc1NC(=O)c1ccccc1SCC(=O)N(C)C1CCCCC1. The Bertz CT molecular complexity index is 881. The normalized spacial score (nSPS) is 14.4. The minimum atomic E-state index is -0.398. The highest BCUT2D eigenvalue weighted by molar-refractivity contribution is 8.00. The number of nitrogens with one attached hydrogen (secondary N) is 1. The van der Waals surface area contributed by atoms with Crippen LogP contribution in [-0.2, 0) is 4.79 Å². The van der Waals surface area contributed by atoms with E-state index in [4.69, 9.17) is 0 Å². The third-order valence-electron chi connectivity index (χ3n) is 5.45. The van der Waals surface area contributed by atoms with Crippen molar-refractivity contribution in [1.82, 2.24) is 4.90 Å². The molecule has 0 aliphatic heterocycles. The molecule has 1 saturated carbocycles. The number of anilines is 1. The predicted molar refractivity (Wildman–Crippen MR) is 116 cm³/mol. The Hall–Kier alpha value is -2.34. The minimum Gasteiger partial charge on any atom is -0.342 e. The average molecular weight is 415 g/mol. The van der Waals surface area contributed by atoms with Gasteiger partial charge in [-0.25, -0.2) is 4.39 Å². The third kappa shape index (κ3) is 5.60. The van der Waals surface area contributed by atoms with E-state index in [0.717, 1.165) is 23.3 Å². The largest absolute Gasteiger partial charge is 0.342 e. The van der Waals surface area contributed by atoms with Crippen LogP contribution in [0.3, 0.4) is 0 Å². The lowest BCUT2D eigenvalue weighted by atomic mass is 9.94. The Morgan fingerprint density at radius 2 is 1.86 bits per heavy atom. The fourth-order valence-electron chi connectivity index (χ4n) is 3.61. The minimum absolute atomic E-state index is 0.0816. The molecule has 0 radical (unpaired) electrons. The van der Waals surface area contributed by atoms with E-state index in [2.05, 4.69) is 5.32 Å². The number of thioether (sulfide) groups is 1. The molecule has 2 amide bonds. The molecule has 2 aromatic rings. The Morgan fingerprint density at radius 3 is 2.62 bits per heavy atom. The maximum atomic E-state index is 13.5. The van der Waals surface area contributed by atoms with E-state index >= 15 is 0 Å². The van der Waals surface area contributed by atoms with Crippen molar-refractivity contribution < 1.29 is 14.0 Å². The van der Waals surface area contributed by atoms with Crippen molar-refractivity contribution in [2.45, 2.75) is 50.0 Å². The average Bonchev–Trinajstić information content (AvgIpc) is 2.74. The third-order valence-corrected chi connectivity index (χ3v) is 6.50. The number of aryl methyl sites for hydroxylation is 1. The van der Waals surface area contributed by atoms with Gasteiger partial charge >= 0.3 is 0 Å². The molecular weight excluding hydrogens is 387 g/mol. The second-order valence-electron chi connectivity index (χ2n) is 7.49. The van der Waals surface area contributed by atoms with E-state index < -0.39 is 5.82 Å². The van der Waals surface area contributed by atoms with E-state index in [1.807, 2.05) is 31.0 Å². The maximum Gasteiger partial charge on any atom is 0.256 e. The Morgan fingerprint density at radius 1 is 1.14 bits per heavy atom. The van der Waals surface area contributed by atoms with Gasteiger partial charge in [-0.05, 0) is 49.6 Å². The van der Waals surface area contributed by atoms with Gasteiger partial charge in [0.25, 0.3) is 5.91 Å². The molecule has 0 unspecified atom stereocenters. The molecule has 154 valence electrons. The van der Waals surface area contributed by atoms with E-state index in [1.54, 1.807) is 18.2 Å². The number of carbonyl (C=O) groups is 2. The van der Waals surface area contributed by atoms with Crippen LogP contribution in [0, 0.1) is 12.7 Å². The van der Waals surface area contributed by atoms with Crippen molar-refractivity contribution in [3.8, 4) is 0 Å². The summed E-state index contributed by atoms with van der Waals surface area (Å²) < 4.78 is 13.5. The van der Waals surface area contributed by atoms with E-state index in [0.29, 0.717) is 17.3 Å². The van der Waals surface area contributed by atoms with Gasteiger partial charge in [0.2, 0.25) is 5.91 Å². The Kier molecular flexibility index (Phi) is 7.31. The van der Waals surface area contributed by atoms with Crippen LogP contribution in [0.4, 0.5) is 10.1 Å². The number of hydrogen-bond donors (Lipinski definition) is 1. The van der Waals surface area contributed by atoms with Gasteiger partial charge in [-0.15, -0.1) is 11.8 Å². The van der Waals surface area contributed by atoms with Crippen molar-refractivity contribution in [2.75, 3.05) is 18.1 Å². The molecule has 3 rings (SSSR count). The number of hydrogen-bond acceptors (Lipinski definition) is 3. The number of benzene rings is 2. The summed E-state index contributed by atoms with van der Waals surface area (Å²) in [5.74, 6) is -0.339. The Labute approximate surface area is 175 Å². The van der Waals surface area contributed by atoms with Crippen molar-refractivity contribution in [3.63, 3.8) is 0 Å². The van der Waals surface area contributed by atoms with Gasteiger partial charge in [0.05, 0.1) is 11.3 Å². The summed E-state index contributed by atoms with van der Waals surface area (Å²) in [4.78, 5) is 28.0. The number of carbonyl (C=O) groups excluding carboxylic acids is 2. The lowest BCUT2D eigenvalue weighted by Crippen LogP contribution is -2.39. The zero-order chi connectivity index (χ0) is 20.8. The van der Waals surface area contributed by atoms with E-state index in [-0.39, 0.29) is 17.6 Å². The molecule has 0 heterocycles. The van der Waals surface area contributed by atoms with Gasteiger partial charge < -0.3 is 10.2 Å². The number of nitrogens with zero attached hydrogens (tertiary/aromatic N) is 1. The molecule has 1 aliphatic rings. The van der Waals surface area contributed by atoms with Gasteiger partial charge in [0, 0.05) is 23.7 Å². The summed E-state index contributed by atoms with van der Waals surface area (Å²) in [5.41, 5.74) is 1.71. The van der Waals surface area contributed by atoms with Crippen molar-refractivity contribution >= 4 is 29.3 Å². The summed E-state index contributed by atoms with van der Waals surface area (Å²) in [7, 11) is 1.88. The van der Waals surface area contributed by atoms with Gasteiger partial charge in [-0.1, -0.05) is 37.5 Å². The number of amides is 2. The second-order valence-corrected chi connectivity index (χ2v) is 8.51.